The highest BCUT2D eigenvalue weighted by molar-refractivity contribution is 6.07. The van der Waals surface area contributed by atoms with Crippen LogP contribution in [-0.4, -0.2) is 44.7 Å². The third-order valence-electron chi connectivity index (χ3n) is 15.7. The van der Waals surface area contributed by atoms with E-state index in [0.29, 0.717) is 24.1 Å². The van der Waals surface area contributed by atoms with Crippen LogP contribution < -0.4 is 0 Å². The average Bonchev–Trinajstić information content (AvgIpc) is 3.31. The maximum Gasteiger partial charge on any atom is 0.309 e. The first-order valence-corrected chi connectivity index (χ1v) is 19.6. The quantitative estimate of drug-likeness (QED) is 0.267. The molecule has 4 fully saturated rings. The highest BCUT2D eigenvalue weighted by Gasteiger charge is 2.71. The molecule has 1 heterocycles. The lowest BCUT2D eigenvalue weighted by Crippen LogP contribution is -2.66. The third-order valence-corrected chi connectivity index (χ3v) is 15.7. The number of hydrogen-bond donors (Lipinski definition) is 1. The molecule has 0 radical (unpaired) electrons. The van der Waals surface area contributed by atoms with Crippen LogP contribution in [0.1, 0.15) is 144 Å². The first-order chi connectivity index (χ1) is 23.5. The van der Waals surface area contributed by atoms with Crippen molar-refractivity contribution in [2.45, 2.75) is 153 Å². The van der Waals surface area contributed by atoms with E-state index < -0.39 is 22.8 Å². The highest BCUT2D eigenvalue weighted by Crippen LogP contribution is 2.77. The van der Waals surface area contributed by atoms with Gasteiger partial charge >= 0.3 is 11.9 Å². The van der Waals surface area contributed by atoms with Crippen LogP contribution in [0.4, 0.5) is 0 Å². The molecule has 0 bridgehead atoms. The minimum atomic E-state index is -1.17. The van der Waals surface area contributed by atoms with Gasteiger partial charge in [0.25, 0.3) is 0 Å². The van der Waals surface area contributed by atoms with Crippen LogP contribution in [-0.2, 0) is 30.3 Å². The third kappa shape index (κ3) is 5.66. The zero-order chi connectivity index (χ0) is 37.7. The van der Waals surface area contributed by atoms with Crippen molar-refractivity contribution in [3.8, 4) is 0 Å². The van der Waals surface area contributed by atoms with E-state index in [0.717, 1.165) is 67.5 Å². The Hall–Kier alpha value is -2.90. The Kier molecular flexibility index (Phi) is 9.15. The first-order valence-electron chi connectivity index (χ1n) is 19.6. The molecule has 0 unspecified atom stereocenters. The Balaban J connectivity index is 1.31. The van der Waals surface area contributed by atoms with E-state index in [4.69, 9.17) is 4.74 Å². The van der Waals surface area contributed by atoms with Crippen molar-refractivity contribution < 1.29 is 29.0 Å². The lowest BCUT2D eigenvalue weighted by atomic mass is 9.33. The number of carbonyl (C=O) groups is 4. The zero-order valence-corrected chi connectivity index (χ0v) is 33.1. The molecule has 1 aromatic rings. The fourth-order valence-corrected chi connectivity index (χ4v) is 13.0. The lowest BCUT2D eigenvalue weighted by Gasteiger charge is -2.72. The number of nitrogens with zero attached hydrogens (tertiary/aromatic N) is 2. The Bertz CT molecular complexity index is 1670. The van der Waals surface area contributed by atoms with Gasteiger partial charge in [0.2, 0.25) is 0 Å². The molecule has 5 aliphatic carbocycles. The number of carbonyl (C=O) groups excluding carboxylic acids is 3. The number of carboxylic acids is 1. The van der Waals surface area contributed by atoms with Gasteiger partial charge in [-0.05, 0) is 136 Å². The lowest BCUT2D eigenvalue weighted by molar-refractivity contribution is -0.233. The number of aliphatic carboxylic acids is 1. The summed E-state index contributed by atoms with van der Waals surface area (Å²) < 4.78 is 6.15. The number of carboxylic acid groups (broad SMARTS) is 1. The first kappa shape index (κ1) is 37.8. The summed E-state index contributed by atoms with van der Waals surface area (Å²) in [6.07, 6.45) is 7.46. The number of aromatic nitrogens is 2. The van der Waals surface area contributed by atoms with Crippen LogP contribution in [0.25, 0.3) is 0 Å². The molecular weight excluding hydrogens is 640 g/mol. The summed E-state index contributed by atoms with van der Waals surface area (Å²) >= 11 is 0. The molecule has 0 aliphatic heterocycles. The number of Topliss-reactive ketones (excluding diaryl/α,β-unsaturated/α-hetero) is 2. The van der Waals surface area contributed by atoms with Crippen molar-refractivity contribution in [2.24, 2.45) is 56.2 Å². The van der Waals surface area contributed by atoms with Crippen molar-refractivity contribution in [3.63, 3.8) is 0 Å². The second kappa shape index (κ2) is 12.3. The standard InChI is InChI=1S/C43H62N2O6/c1-24(2)35-28(46)22-43(31(47)21-33-44-25(3)20-26(4)45-33)19-18-41(10)27(36(35)43)12-13-30-40(9)16-15-32(51-34(48)23-38(5,6)37(49)50)39(7,8)29(40)14-17-42(30,41)11/h20,24,27,29-30,32H,12-19,21-23H2,1-11H3,(H,49,50)/t27-,29+,30-,32+,40+,41-,42-,43+/m1/s1. The van der Waals surface area contributed by atoms with Gasteiger partial charge in [-0.2, -0.15) is 0 Å². The molecule has 4 saturated carbocycles. The number of rotatable bonds is 8. The van der Waals surface area contributed by atoms with Crippen LogP contribution in [0.3, 0.4) is 0 Å². The topological polar surface area (TPSA) is 124 Å². The summed E-state index contributed by atoms with van der Waals surface area (Å²) in [7, 11) is 0. The fraction of sp³-hybridized carbons (Fsp3) is 0.767. The van der Waals surface area contributed by atoms with Gasteiger partial charge in [0.15, 0.2) is 11.6 Å². The molecule has 0 spiro atoms. The zero-order valence-electron chi connectivity index (χ0n) is 33.1. The largest absolute Gasteiger partial charge is 0.481 e. The van der Waals surface area contributed by atoms with Crippen molar-refractivity contribution in [1.82, 2.24) is 9.97 Å². The van der Waals surface area contributed by atoms with Crippen molar-refractivity contribution in [3.05, 3.63) is 34.4 Å². The smallest absolute Gasteiger partial charge is 0.309 e. The van der Waals surface area contributed by atoms with E-state index in [1.165, 1.54) is 0 Å². The second-order valence-electron chi connectivity index (χ2n) is 19.6. The van der Waals surface area contributed by atoms with Gasteiger partial charge in [-0.1, -0.05) is 48.5 Å². The Morgan fingerprint density at radius 3 is 2.16 bits per heavy atom. The average molecular weight is 703 g/mol. The summed E-state index contributed by atoms with van der Waals surface area (Å²) in [5.74, 6) is 0.430. The molecule has 0 amide bonds. The Morgan fingerprint density at radius 2 is 1.55 bits per heavy atom. The number of fused-ring (bicyclic) bond motifs is 7. The normalized spacial score (nSPS) is 37.3. The molecule has 8 heteroatoms. The SMILES string of the molecule is Cc1cc(C)nc(CC(=O)[C@@]23CC[C@]4(C)[C@H](CC[C@@H]5[C@@]6(C)CC[C@H](OC(=O)CC(C)(C)C(=O)O)C(C)(C)[C@@H]6CC[C@]54C)C2=C(C(C)C)C(=O)C3)n1. The monoisotopic (exact) mass is 702 g/mol. The number of aryl methyl sites for hydroxylation is 2. The number of hydrogen-bond acceptors (Lipinski definition) is 7. The van der Waals surface area contributed by atoms with E-state index in [1.54, 1.807) is 13.8 Å². The number of allylic oxidation sites excluding steroid dienone is 2. The van der Waals surface area contributed by atoms with Gasteiger partial charge in [-0.3, -0.25) is 19.2 Å². The molecule has 1 aromatic heterocycles. The van der Waals surface area contributed by atoms with Gasteiger partial charge in [-0.25, -0.2) is 9.97 Å². The molecule has 280 valence electrons. The molecule has 1 N–H and O–H groups in total. The van der Waals surface area contributed by atoms with Crippen LogP contribution >= 0.6 is 0 Å². The number of ketones is 2. The summed E-state index contributed by atoms with van der Waals surface area (Å²) in [5, 5.41) is 9.60. The Labute approximate surface area is 305 Å². The highest BCUT2D eigenvalue weighted by atomic mass is 16.5. The van der Waals surface area contributed by atoms with E-state index in [-0.39, 0.29) is 70.4 Å². The number of ether oxygens (including phenoxy) is 1. The fourth-order valence-electron chi connectivity index (χ4n) is 13.0. The van der Waals surface area contributed by atoms with E-state index in [2.05, 4.69) is 58.4 Å². The second-order valence-corrected chi connectivity index (χ2v) is 19.6. The summed E-state index contributed by atoms with van der Waals surface area (Å²) in [5.41, 5.74) is 1.57. The van der Waals surface area contributed by atoms with Crippen LogP contribution in [0.15, 0.2) is 17.2 Å². The number of esters is 1. The van der Waals surface area contributed by atoms with Crippen molar-refractivity contribution >= 4 is 23.5 Å². The van der Waals surface area contributed by atoms with E-state index in [9.17, 15) is 24.3 Å². The van der Waals surface area contributed by atoms with Crippen molar-refractivity contribution in [2.75, 3.05) is 0 Å². The van der Waals surface area contributed by atoms with E-state index in [1.807, 2.05) is 19.9 Å². The molecule has 5 aliphatic rings. The molecule has 0 saturated heterocycles. The van der Waals surface area contributed by atoms with Crippen molar-refractivity contribution in [1.29, 1.82) is 0 Å². The maximum absolute atomic E-state index is 14.6. The summed E-state index contributed by atoms with van der Waals surface area (Å²) in [6, 6.07) is 1.93. The minimum absolute atomic E-state index is 0.0129. The Morgan fingerprint density at radius 1 is 0.902 bits per heavy atom. The van der Waals surface area contributed by atoms with Gasteiger partial charge in [0.05, 0.1) is 23.7 Å². The van der Waals surface area contributed by atoms with Gasteiger partial charge in [-0.15, -0.1) is 0 Å². The van der Waals surface area contributed by atoms with Crippen LogP contribution in [0, 0.1) is 70.0 Å². The molecule has 51 heavy (non-hydrogen) atoms. The van der Waals surface area contributed by atoms with Crippen LogP contribution in [0.5, 0.6) is 0 Å². The van der Waals surface area contributed by atoms with Gasteiger partial charge < -0.3 is 9.84 Å². The van der Waals surface area contributed by atoms with Gasteiger partial charge in [0.1, 0.15) is 11.9 Å². The van der Waals surface area contributed by atoms with Gasteiger partial charge in [0, 0.05) is 23.2 Å². The maximum atomic E-state index is 14.6. The van der Waals surface area contributed by atoms with E-state index >= 15 is 0 Å². The molecule has 6 rings (SSSR count). The molecule has 8 atom stereocenters. The summed E-state index contributed by atoms with van der Waals surface area (Å²) in [4.78, 5) is 62.7. The minimum Gasteiger partial charge on any atom is -0.481 e. The molecule has 8 nitrogen and oxygen atoms in total. The summed E-state index contributed by atoms with van der Waals surface area (Å²) in [6.45, 7) is 23.3. The predicted octanol–water partition coefficient (Wildman–Crippen LogP) is 8.60. The molecular formula is C43H62N2O6. The predicted molar refractivity (Wildman–Crippen MR) is 196 cm³/mol. The molecule has 0 aromatic carbocycles. The van der Waals surface area contributed by atoms with Crippen LogP contribution in [0.2, 0.25) is 0 Å².